The van der Waals surface area contributed by atoms with Crippen LogP contribution in [0.3, 0.4) is 0 Å². The lowest BCUT2D eigenvalue weighted by Gasteiger charge is -2.42. The van der Waals surface area contributed by atoms with Crippen LogP contribution in [0.1, 0.15) is 67.7 Å². The molecule has 0 bridgehead atoms. The summed E-state index contributed by atoms with van der Waals surface area (Å²) in [6, 6.07) is 0. The first-order valence-corrected chi connectivity index (χ1v) is 11.8. The molecule has 1 rings (SSSR count). The molecule has 0 fully saturated rings. The van der Waals surface area contributed by atoms with Crippen LogP contribution in [-0.2, 0) is 9.22 Å². The van der Waals surface area contributed by atoms with Gasteiger partial charge in [-0.05, 0) is 49.5 Å². The average molecular weight is 337 g/mol. The molecule has 0 N–H and O–H groups in total. The largest absolute Gasteiger partial charge is 0.413 e. The van der Waals surface area contributed by atoms with Crippen molar-refractivity contribution in [3.8, 4) is 0 Å². The number of carbonyl (C=O) groups is 1. The zero-order valence-electron chi connectivity index (χ0n) is 16.7. The Morgan fingerprint density at radius 3 is 2.39 bits per heavy atom. The number of carbonyl (C=O) groups excluding carboxylic acids is 1. The summed E-state index contributed by atoms with van der Waals surface area (Å²) in [5, 5.41) is 0.215. The van der Waals surface area contributed by atoms with Gasteiger partial charge in [-0.25, -0.2) is 0 Å². The van der Waals surface area contributed by atoms with Gasteiger partial charge < -0.3 is 4.43 Å². The van der Waals surface area contributed by atoms with Crippen molar-refractivity contribution in [1.82, 2.24) is 0 Å². The SMILES string of the molecule is CCCC(=O)C=CC1=C(C)CC(O[Si](C)(C)C(C)(C)C)C1(C)C. The zero-order chi connectivity index (χ0) is 18.1. The Kier molecular flexibility index (Phi) is 6.25. The summed E-state index contributed by atoms with van der Waals surface area (Å²) < 4.78 is 6.71. The van der Waals surface area contributed by atoms with Gasteiger partial charge in [0.2, 0.25) is 0 Å². The van der Waals surface area contributed by atoms with Crippen LogP contribution in [0.4, 0.5) is 0 Å². The van der Waals surface area contributed by atoms with Crippen molar-refractivity contribution in [2.45, 2.75) is 92.0 Å². The molecule has 3 heteroatoms. The second kappa shape index (κ2) is 7.06. The van der Waals surface area contributed by atoms with Crippen molar-refractivity contribution in [2.24, 2.45) is 5.41 Å². The molecule has 0 saturated carbocycles. The van der Waals surface area contributed by atoms with Gasteiger partial charge in [0.1, 0.15) is 0 Å². The molecule has 0 aliphatic heterocycles. The van der Waals surface area contributed by atoms with Gasteiger partial charge >= 0.3 is 0 Å². The van der Waals surface area contributed by atoms with Crippen LogP contribution >= 0.6 is 0 Å². The minimum absolute atomic E-state index is 0.0391. The highest BCUT2D eigenvalue weighted by Gasteiger charge is 2.46. The van der Waals surface area contributed by atoms with E-state index >= 15 is 0 Å². The average Bonchev–Trinajstić information content (AvgIpc) is 2.56. The molecule has 0 spiro atoms. The van der Waals surface area contributed by atoms with Crippen molar-refractivity contribution < 1.29 is 9.22 Å². The Bertz CT molecular complexity index is 504. The molecular formula is C20H36O2Si. The quantitative estimate of drug-likeness (QED) is 0.436. The first-order valence-electron chi connectivity index (χ1n) is 8.92. The molecule has 1 aliphatic carbocycles. The molecular weight excluding hydrogens is 300 g/mol. The maximum Gasteiger partial charge on any atom is 0.192 e. The summed E-state index contributed by atoms with van der Waals surface area (Å²) in [7, 11) is -1.79. The summed E-state index contributed by atoms with van der Waals surface area (Å²) in [4.78, 5) is 11.8. The van der Waals surface area contributed by atoms with Crippen LogP contribution in [0.15, 0.2) is 23.3 Å². The van der Waals surface area contributed by atoms with Gasteiger partial charge in [-0.1, -0.05) is 53.2 Å². The van der Waals surface area contributed by atoms with Crippen molar-refractivity contribution in [3.05, 3.63) is 23.3 Å². The highest BCUT2D eigenvalue weighted by atomic mass is 28.4. The van der Waals surface area contributed by atoms with Gasteiger partial charge in [0.15, 0.2) is 14.1 Å². The highest BCUT2D eigenvalue weighted by Crippen LogP contribution is 2.48. The lowest BCUT2D eigenvalue weighted by molar-refractivity contribution is -0.114. The van der Waals surface area contributed by atoms with Gasteiger partial charge in [0.05, 0.1) is 6.10 Å². The van der Waals surface area contributed by atoms with Gasteiger partial charge in [-0.15, -0.1) is 0 Å². The molecule has 0 saturated heterocycles. The maximum absolute atomic E-state index is 11.8. The molecule has 1 unspecified atom stereocenters. The Labute approximate surface area is 144 Å². The Hall–Kier alpha value is -0.673. The fourth-order valence-corrected chi connectivity index (χ4v) is 4.39. The minimum Gasteiger partial charge on any atom is -0.413 e. The van der Waals surface area contributed by atoms with E-state index in [9.17, 15) is 4.79 Å². The van der Waals surface area contributed by atoms with Crippen LogP contribution in [0.2, 0.25) is 18.1 Å². The Balaban J connectivity index is 2.95. The topological polar surface area (TPSA) is 26.3 Å². The number of ketones is 1. The third-order valence-corrected chi connectivity index (χ3v) is 10.1. The molecule has 0 heterocycles. The summed E-state index contributed by atoms with van der Waals surface area (Å²) in [6.45, 7) is 20.2. The first kappa shape index (κ1) is 20.4. The second-order valence-corrected chi connectivity index (χ2v) is 13.8. The van der Waals surface area contributed by atoms with Crippen molar-refractivity contribution in [1.29, 1.82) is 0 Å². The van der Waals surface area contributed by atoms with Gasteiger partial charge in [-0.2, -0.15) is 0 Å². The molecule has 132 valence electrons. The lowest BCUT2D eigenvalue weighted by Crippen LogP contribution is -2.46. The van der Waals surface area contributed by atoms with E-state index in [0.29, 0.717) is 6.42 Å². The molecule has 0 aromatic rings. The van der Waals surface area contributed by atoms with E-state index in [4.69, 9.17) is 4.43 Å². The number of hydrogen-bond donors (Lipinski definition) is 0. The Morgan fingerprint density at radius 2 is 1.91 bits per heavy atom. The van der Waals surface area contributed by atoms with Crippen LogP contribution in [0.25, 0.3) is 0 Å². The molecule has 0 aromatic heterocycles. The van der Waals surface area contributed by atoms with E-state index in [1.807, 2.05) is 13.0 Å². The first-order chi connectivity index (χ1) is 10.3. The third kappa shape index (κ3) is 4.66. The standard InChI is InChI=1S/C20H36O2Si/c1-10-11-16(21)12-13-17-15(2)14-18(20(17,6)7)22-23(8,9)19(3,4)5/h12-13,18H,10-11,14H2,1-9H3. The monoisotopic (exact) mass is 336 g/mol. The minimum atomic E-state index is -1.79. The van der Waals surface area contributed by atoms with Crippen molar-refractivity contribution >= 4 is 14.1 Å². The van der Waals surface area contributed by atoms with E-state index in [2.05, 4.69) is 54.6 Å². The van der Waals surface area contributed by atoms with Gasteiger partial charge in [-0.3, -0.25) is 4.79 Å². The number of rotatable bonds is 6. The normalized spacial score (nSPS) is 22.2. The van der Waals surface area contributed by atoms with Crippen LogP contribution in [-0.4, -0.2) is 20.2 Å². The number of allylic oxidation sites excluding steroid dienone is 2. The zero-order valence-corrected chi connectivity index (χ0v) is 17.7. The highest BCUT2D eigenvalue weighted by molar-refractivity contribution is 6.74. The molecule has 0 radical (unpaired) electrons. The molecule has 0 amide bonds. The molecule has 1 aliphatic rings. The van der Waals surface area contributed by atoms with Crippen LogP contribution < -0.4 is 0 Å². The summed E-state index contributed by atoms with van der Waals surface area (Å²) in [5.74, 6) is 0.220. The summed E-state index contributed by atoms with van der Waals surface area (Å²) in [6.07, 6.45) is 6.53. The van der Waals surface area contributed by atoms with Crippen LogP contribution in [0.5, 0.6) is 0 Å². The summed E-state index contributed by atoms with van der Waals surface area (Å²) >= 11 is 0. The molecule has 0 aromatic carbocycles. The van der Waals surface area contributed by atoms with E-state index in [0.717, 1.165) is 12.8 Å². The fraction of sp³-hybridized carbons (Fsp3) is 0.750. The Morgan fingerprint density at radius 1 is 1.35 bits per heavy atom. The predicted molar refractivity (Wildman–Crippen MR) is 102 cm³/mol. The number of hydrogen-bond acceptors (Lipinski definition) is 2. The second-order valence-electron chi connectivity index (χ2n) is 9.04. The van der Waals surface area contributed by atoms with Crippen molar-refractivity contribution in [2.75, 3.05) is 0 Å². The fourth-order valence-electron chi connectivity index (χ4n) is 2.95. The molecule has 2 nitrogen and oxygen atoms in total. The lowest BCUT2D eigenvalue weighted by atomic mass is 9.83. The van der Waals surface area contributed by atoms with E-state index < -0.39 is 8.32 Å². The van der Waals surface area contributed by atoms with E-state index in [1.54, 1.807) is 6.08 Å². The van der Waals surface area contributed by atoms with Crippen LogP contribution in [0, 0.1) is 5.41 Å². The van der Waals surface area contributed by atoms with Gasteiger partial charge in [0, 0.05) is 11.8 Å². The third-order valence-electron chi connectivity index (χ3n) is 5.63. The van der Waals surface area contributed by atoms with E-state index in [1.165, 1.54) is 11.1 Å². The molecule has 23 heavy (non-hydrogen) atoms. The summed E-state index contributed by atoms with van der Waals surface area (Å²) in [5.41, 5.74) is 2.60. The van der Waals surface area contributed by atoms with Crippen molar-refractivity contribution in [3.63, 3.8) is 0 Å². The smallest absolute Gasteiger partial charge is 0.192 e. The molecule has 1 atom stereocenters. The van der Waals surface area contributed by atoms with E-state index in [-0.39, 0.29) is 22.3 Å². The predicted octanol–water partition coefficient (Wildman–Crippen LogP) is 6.05. The maximum atomic E-state index is 11.8. The van der Waals surface area contributed by atoms with Gasteiger partial charge in [0.25, 0.3) is 0 Å².